The molecule has 2 atom stereocenters. The van der Waals surface area contributed by atoms with Gasteiger partial charge in [0.15, 0.2) is 0 Å². The van der Waals surface area contributed by atoms with Gasteiger partial charge in [-0.05, 0) is 91.5 Å². The van der Waals surface area contributed by atoms with Gasteiger partial charge in [-0.2, -0.15) is 0 Å². The van der Waals surface area contributed by atoms with Crippen LogP contribution in [0.25, 0.3) is 16.7 Å². The van der Waals surface area contributed by atoms with Gasteiger partial charge in [0, 0.05) is 112 Å². The Morgan fingerprint density at radius 3 is 2.35 bits per heavy atom. The number of carbonyl (C=O) groups is 3. The number of hydrogen-bond donors (Lipinski definition) is 5. The van der Waals surface area contributed by atoms with Crippen LogP contribution in [-0.2, 0) is 4.79 Å². The summed E-state index contributed by atoms with van der Waals surface area (Å²) in [5, 5.41) is 13.8. The number of benzene rings is 2. The van der Waals surface area contributed by atoms with Crippen molar-refractivity contribution in [1.29, 1.82) is 0 Å². The maximum absolute atomic E-state index is 16.5. The van der Waals surface area contributed by atoms with E-state index in [-0.39, 0.29) is 41.8 Å². The number of pyridine rings is 1. The van der Waals surface area contributed by atoms with Crippen LogP contribution >= 0.6 is 0 Å². The molecule has 2 unspecified atom stereocenters. The van der Waals surface area contributed by atoms with E-state index in [1.54, 1.807) is 40.3 Å². The minimum atomic E-state index is -1.36. The number of nitrogens with zero attached hydrogens (tertiary/aromatic N) is 6. The molecule has 0 spiro atoms. The second-order valence-electron chi connectivity index (χ2n) is 18.6. The lowest BCUT2D eigenvalue weighted by Gasteiger charge is -2.41. The number of rotatable bonds is 10. The number of aromatic hydroxyl groups is 1. The van der Waals surface area contributed by atoms with Crippen molar-refractivity contribution in [1.82, 2.24) is 29.6 Å². The van der Waals surface area contributed by atoms with Gasteiger partial charge in [-0.3, -0.25) is 19.8 Å². The third kappa shape index (κ3) is 8.93. The molecule has 4 aliphatic heterocycles. The van der Waals surface area contributed by atoms with E-state index in [9.17, 15) is 19.5 Å². The Kier molecular flexibility index (Phi) is 11.5. The molecular weight excluding hydrogens is 800 g/mol. The van der Waals surface area contributed by atoms with Gasteiger partial charge in [-0.25, -0.2) is 14.2 Å². The molecule has 5 fully saturated rings. The average Bonchev–Trinajstić information content (AvgIpc) is 4.05. The minimum Gasteiger partial charge on any atom is -0.507 e. The molecule has 4 saturated heterocycles. The molecule has 0 bridgehead atoms. The Bertz CT molecular complexity index is 2440. The molecule has 6 heterocycles. The van der Waals surface area contributed by atoms with Gasteiger partial charge in [0.1, 0.15) is 22.9 Å². The fourth-order valence-corrected chi connectivity index (χ4v) is 10.3. The second-order valence-corrected chi connectivity index (χ2v) is 18.6. The van der Waals surface area contributed by atoms with E-state index >= 15 is 4.39 Å². The van der Waals surface area contributed by atoms with Crippen molar-refractivity contribution in [3.05, 3.63) is 107 Å². The maximum atomic E-state index is 16.5. The molecule has 332 valence electrons. The normalized spacial score (nSPS) is 22.6. The van der Waals surface area contributed by atoms with E-state index in [0.717, 1.165) is 68.3 Å². The van der Waals surface area contributed by atoms with Gasteiger partial charge < -0.3 is 41.6 Å². The molecule has 8 N–H and O–H groups in total. The van der Waals surface area contributed by atoms with E-state index in [1.807, 2.05) is 36.4 Å². The maximum Gasteiger partial charge on any atom is 0.328 e. The molecule has 1 aliphatic carbocycles. The third-order valence-corrected chi connectivity index (χ3v) is 13.9. The summed E-state index contributed by atoms with van der Waals surface area (Å²) in [5.74, 6) is 0.882. The number of hydrogen-bond acceptors (Lipinski definition) is 10. The number of phenols is 1. The zero-order chi connectivity index (χ0) is 44.0. The number of anilines is 1. The van der Waals surface area contributed by atoms with Crippen LogP contribution < -0.4 is 27.4 Å². The van der Waals surface area contributed by atoms with Gasteiger partial charge in [-0.1, -0.05) is 31.2 Å². The van der Waals surface area contributed by atoms with Crippen molar-refractivity contribution < 1.29 is 23.9 Å². The summed E-state index contributed by atoms with van der Waals surface area (Å²) in [6.07, 6.45) is 11.6. The van der Waals surface area contributed by atoms with Crippen LogP contribution in [0.5, 0.6) is 5.75 Å². The van der Waals surface area contributed by atoms with Crippen LogP contribution in [0.2, 0.25) is 0 Å². The van der Waals surface area contributed by atoms with Crippen LogP contribution in [0.1, 0.15) is 103 Å². The molecule has 63 heavy (non-hydrogen) atoms. The number of para-hydroxylation sites is 1. The minimum absolute atomic E-state index is 0.0755. The van der Waals surface area contributed by atoms with E-state index in [0.29, 0.717) is 85.6 Å². The van der Waals surface area contributed by atoms with Crippen LogP contribution in [0, 0.1) is 5.92 Å². The summed E-state index contributed by atoms with van der Waals surface area (Å²) in [6.45, 7) is 6.60. The monoisotopic (exact) mass is 858 g/mol. The number of likely N-dealkylation sites (tertiary alicyclic amines) is 3. The first-order chi connectivity index (χ1) is 30.3. The molecule has 4 amide bonds. The van der Waals surface area contributed by atoms with E-state index in [4.69, 9.17) is 22.2 Å². The standard InChI is InChI=1S/C48H59FN10O4/c1-30-22-34(27-57(26-30)41(44(51)52)24-40(50)37-4-2-3-5-42(37)60)31-6-10-33(11-7-31)46(62)56-20-15-48(49,16-21-56)29-55-17-12-35(13-18-55)59-28-39(32-8-9-32)38-23-36(25-53-45(38)59)58-19-14-43(61)54-47(58)63/h2-7,10-11,23-25,28,30,32,34-35,60H,8-9,12-22,26-27,29,50-52H2,1H3,(H,54,61,63)/b40-24-. The summed E-state index contributed by atoms with van der Waals surface area (Å²) < 4.78 is 18.8. The lowest BCUT2D eigenvalue weighted by Crippen LogP contribution is -2.51. The largest absolute Gasteiger partial charge is 0.507 e. The Labute approximate surface area is 367 Å². The Hall–Kier alpha value is -6.09. The Balaban J connectivity index is 0.782. The lowest BCUT2D eigenvalue weighted by atomic mass is 9.84. The number of aromatic nitrogens is 2. The van der Waals surface area contributed by atoms with Crippen molar-refractivity contribution in [2.75, 3.05) is 57.3 Å². The fourth-order valence-electron chi connectivity index (χ4n) is 10.3. The van der Waals surface area contributed by atoms with Crippen LogP contribution in [-0.4, -0.2) is 105 Å². The topological polar surface area (TPSA) is 192 Å². The van der Waals surface area contributed by atoms with Crippen molar-refractivity contribution >= 4 is 40.3 Å². The summed E-state index contributed by atoms with van der Waals surface area (Å²) in [7, 11) is 0. The summed E-state index contributed by atoms with van der Waals surface area (Å²) >= 11 is 0. The Morgan fingerprint density at radius 1 is 0.937 bits per heavy atom. The first-order valence-electron chi connectivity index (χ1n) is 22.5. The number of fused-ring (bicyclic) bond motifs is 1. The lowest BCUT2D eigenvalue weighted by molar-refractivity contribution is -0.120. The van der Waals surface area contributed by atoms with Gasteiger partial charge in [0.2, 0.25) is 5.91 Å². The van der Waals surface area contributed by atoms with Crippen molar-refractivity contribution in [3.8, 4) is 5.75 Å². The van der Waals surface area contributed by atoms with E-state index in [1.165, 1.54) is 5.56 Å². The molecule has 15 heteroatoms. The number of nitrogens with one attached hydrogen (secondary N) is 1. The molecule has 4 aromatic rings. The molecule has 5 aliphatic rings. The highest BCUT2D eigenvalue weighted by Crippen LogP contribution is 2.45. The highest BCUT2D eigenvalue weighted by molar-refractivity contribution is 6.06. The number of alkyl halides is 1. The first kappa shape index (κ1) is 42.2. The van der Waals surface area contributed by atoms with Gasteiger partial charge >= 0.3 is 6.03 Å². The van der Waals surface area contributed by atoms with Crippen LogP contribution in [0.3, 0.4) is 0 Å². The zero-order valence-electron chi connectivity index (χ0n) is 36.0. The number of carbonyl (C=O) groups excluding carboxylic acids is 3. The molecule has 2 aromatic heterocycles. The fraction of sp³-hybridized carbons (Fsp3) is 0.458. The molecule has 0 radical (unpaired) electrons. The number of phenolic OH excluding ortho intramolecular Hbond substituents is 1. The smallest absolute Gasteiger partial charge is 0.328 e. The number of amides is 4. The van der Waals surface area contributed by atoms with Crippen molar-refractivity contribution in [3.63, 3.8) is 0 Å². The molecule has 9 rings (SSSR count). The Morgan fingerprint density at radius 2 is 1.67 bits per heavy atom. The number of nitrogens with two attached hydrogens (primary N) is 3. The SMILES string of the molecule is CC1CC(c2ccc(C(=O)N3CCC(F)(CN4CCC(n5cc(C6CC6)c6cc(N7CCC(=O)NC7=O)cnc65)CC4)CC3)cc2)CN(C(/C=C(\N)c2ccccc2O)=C(N)N)C1. The second kappa shape index (κ2) is 17.2. The summed E-state index contributed by atoms with van der Waals surface area (Å²) in [5.41, 5.74) is 23.5. The number of halogens is 1. The van der Waals surface area contributed by atoms with Crippen molar-refractivity contribution in [2.45, 2.75) is 81.8 Å². The van der Waals surface area contributed by atoms with Crippen molar-refractivity contribution in [2.24, 2.45) is 23.1 Å². The van der Waals surface area contributed by atoms with E-state index in [2.05, 4.69) is 32.8 Å². The zero-order valence-corrected chi connectivity index (χ0v) is 36.0. The van der Waals surface area contributed by atoms with Crippen LogP contribution in [0.4, 0.5) is 14.9 Å². The average molecular weight is 859 g/mol. The molecular formula is C48H59FN10O4. The third-order valence-electron chi connectivity index (χ3n) is 13.9. The molecule has 2 aromatic carbocycles. The molecule has 1 saturated carbocycles. The highest BCUT2D eigenvalue weighted by Gasteiger charge is 2.39. The molecule has 14 nitrogen and oxygen atoms in total. The van der Waals surface area contributed by atoms with Gasteiger partial charge in [0.25, 0.3) is 5.91 Å². The van der Waals surface area contributed by atoms with E-state index < -0.39 is 11.7 Å². The number of allylic oxidation sites excluding steroid dienone is 1. The summed E-state index contributed by atoms with van der Waals surface area (Å²) in [4.78, 5) is 50.7. The quantitative estimate of drug-likeness (QED) is 0.121. The van der Waals surface area contributed by atoms with Gasteiger partial charge in [0.05, 0.1) is 17.6 Å². The van der Waals surface area contributed by atoms with Crippen LogP contribution in [0.15, 0.2) is 84.6 Å². The number of piperidine rings is 3. The number of urea groups is 1. The summed E-state index contributed by atoms with van der Waals surface area (Å²) in [6, 6.07) is 16.6. The predicted molar refractivity (Wildman–Crippen MR) is 241 cm³/mol. The highest BCUT2D eigenvalue weighted by atomic mass is 19.1. The predicted octanol–water partition coefficient (Wildman–Crippen LogP) is 5.86. The van der Waals surface area contributed by atoms with Gasteiger partial charge in [-0.15, -0.1) is 0 Å². The first-order valence-corrected chi connectivity index (χ1v) is 22.5. The number of imide groups is 1.